The molecular weight excluding hydrogens is 771 g/mol. The summed E-state index contributed by atoms with van der Waals surface area (Å²) in [6.45, 7) is 14.6. The fourth-order valence-electron chi connectivity index (χ4n) is 16.4. The van der Waals surface area contributed by atoms with Gasteiger partial charge in [0.15, 0.2) is 0 Å². The summed E-state index contributed by atoms with van der Waals surface area (Å²) >= 11 is 0. The first-order valence-electron chi connectivity index (χ1n) is 24.6. The number of hydrogen-bond acceptors (Lipinski definition) is 1. The summed E-state index contributed by atoms with van der Waals surface area (Å²) in [5, 5.41) is 0. The highest BCUT2D eigenvalue weighted by molar-refractivity contribution is 5.89. The highest BCUT2D eigenvalue weighted by Crippen LogP contribution is 2.89. The molecule has 2 bridgehead atoms. The van der Waals surface area contributed by atoms with Gasteiger partial charge in [0.2, 0.25) is 0 Å². The zero-order valence-corrected chi connectivity index (χ0v) is 38.4. The van der Waals surface area contributed by atoms with Gasteiger partial charge < -0.3 is 4.90 Å². The molecule has 0 amide bonds. The van der Waals surface area contributed by atoms with E-state index in [0.29, 0.717) is 5.41 Å². The molecule has 0 saturated heterocycles. The topological polar surface area (TPSA) is 3.24 Å². The van der Waals surface area contributed by atoms with E-state index in [4.69, 9.17) is 0 Å². The van der Waals surface area contributed by atoms with Crippen molar-refractivity contribution in [3.05, 3.63) is 185 Å². The van der Waals surface area contributed by atoms with Gasteiger partial charge in [-0.3, -0.25) is 0 Å². The van der Waals surface area contributed by atoms with Gasteiger partial charge in [0.25, 0.3) is 0 Å². The van der Waals surface area contributed by atoms with Crippen LogP contribution in [0.15, 0.2) is 152 Å². The summed E-state index contributed by atoms with van der Waals surface area (Å²) in [6, 6.07) is 59.3. The van der Waals surface area contributed by atoms with E-state index in [1.54, 1.807) is 11.1 Å². The van der Waals surface area contributed by atoms with Crippen LogP contribution in [0.3, 0.4) is 0 Å². The van der Waals surface area contributed by atoms with Crippen LogP contribution in [-0.4, -0.2) is 0 Å². The number of anilines is 3. The van der Waals surface area contributed by atoms with Gasteiger partial charge in [0, 0.05) is 27.9 Å². The molecule has 7 aliphatic carbocycles. The number of fused-ring (bicyclic) bond motifs is 12. The molecule has 6 unspecified atom stereocenters. The smallest absolute Gasteiger partial charge is 0.0467 e. The Hall–Kier alpha value is -5.66. The van der Waals surface area contributed by atoms with Gasteiger partial charge in [0.1, 0.15) is 0 Å². The van der Waals surface area contributed by atoms with Crippen molar-refractivity contribution in [1.82, 2.24) is 0 Å². The van der Waals surface area contributed by atoms with Crippen LogP contribution >= 0.6 is 0 Å². The van der Waals surface area contributed by atoms with Crippen LogP contribution in [-0.2, 0) is 21.7 Å². The lowest BCUT2D eigenvalue weighted by Gasteiger charge is -2.76. The molecule has 7 aliphatic rings. The summed E-state index contributed by atoms with van der Waals surface area (Å²) in [6.07, 6.45) is 8.28. The Bertz CT molecular complexity index is 3140. The van der Waals surface area contributed by atoms with E-state index < -0.39 is 0 Å². The van der Waals surface area contributed by atoms with E-state index in [9.17, 15) is 0 Å². The van der Waals surface area contributed by atoms with Crippen molar-refractivity contribution < 1.29 is 0 Å². The van der Waals surface area contributed by atoms with Crippen LogP contribution in [0.2, 0.25) is 0 Å². The molecular formula is C63H59N. The molecule has 64 heavy (non-hydrogen) atoms. The van der Waals surface area contributed by atoms with E-state index >= 15 is 0 Å². The van der Waals surface area contributed by atoms with Crippen molar-refractivity contribution in [2.45, 2.75) is 102 Å². The molecule has 1 nitrogen and oxygen atoms in total. The van der Waals surface area contributed by atoms with Gasteiger partial charge in [-0.15, -0.1) is 0 Å². The molecule has 7 aromatic carbocycles. The predicted octanol–water partition coefficient (Wildman–Crippen LogP) is 16.5. The molecule has 0 N–H and O–H groups in total. The Kier molecular flexibility index (Phi) is 7.28. The normalized spacial score (nSPS) is 28.0. The second-order valence-corrected chi connectivity index (χ2v) is 23.2. The monoisotopic (exact) mass is 829 g/mol. The van der Waals surface area contributed by atoms with Crippen molar-refractivity contribution in [3.63, 3.8) is 0 Å². The zero-order valence-electron chi connectivity index (χ0n) is 38.4. The van der Waals surface area contributed by atoms with Crippen molar-refractivity contribution in [2.24, 2.45) is 29.1 Å². The van der Waals surface area contributed by atoms with Crippen molar-refractivity contribution >= 4 is 17.1 Å². The van der Waals surface area contributed by atoms with E-state index in [1.807, 2.05) is 0 Å². The van der Waals surface area contributed by atoms with Crippen molar-refractivity contribution in [2.75, 3.05) is 4.90 Å². The van der Waals surface area contributed by atoms with Gasteiger partial charge in [0.05, 0.1) is 0 Å². The highest BCUT2D eigenvalue weighted by Gasteiger charge is 2.84. The van der Waals surface area contributed by atoms with Gasteiger partial charge in [-0.1, -0.05) is 151 Å². The summed E-state index contributed by atoms with van der Waals surface area (Å²) in [5.41, 5.74) is 24.7. The fraction of sp³-hybridized carbons (Fsp3) is 0.333. The third-order valence-corrected chi connectivity index (χ3v) is 19.2. The second kappa shape index (κ2) is 12.4. The van der Waals surface area contributed by atoms with Crippen LogP contribution in [0.25, 0.3) is 44.5 Å². The fourth-order valence-corrected chi connectivity index (χ4v) is 16.4. The molecule has 6 atom stereocenters. The van der Waals surface area contributed by atoms with Crippen LogP contribution in [0.5, 0.6) is 0 Å². The molecule has 4 saturated carbocycles. The Balaban J connectivity index is 0.890. The molecule has 4 fully saturated rings. The van der Waals surface area contributed by atoms with Gasteiger partial charge in [-0.2, -0.15) is 0 Å². The molecule has 1 heteroatoms. The molecule has 2 spiro atoms. The van der Waals surface area contributed by atoms with Crippen LogP contribution < -0.4 is 4.90 Å². The predicted molar refractivity (Wildman–Crippen MR) is 266 cm³/mol. The lowest BCUT2D eigenvalue weighted by Crippen LogP contribution is -2.73. The summed E-state index contributed by atoms with van der Waals surface area (Å²) < 4.78 is 0. The molecule has 0 heterocycles. The number of rotatable bonds is 5. The molecule has 14 rings (SSSR count). The minimum absolute atomic E-state index is 0.0933. The number of nitrogens with zero attached hydrogens (tertiary/aromatic N) is 1. The minimum Gasteiger partial charge on any atom is -0.310 e. The van der Waals surface area contributed by atoms with Crippen LogP contribution in [0, 0.1) is 29.1 Å². The van der Waals surface area contributed by atoms with Gasteiger partial charge in [-0.05, 0) is 199 Å². The summed E-state index contributed by atoms with van der Waals surface area (Å²) in [7, 11) is 0. The quantitative estimate of drug-likeness (QED) is 0.167. The van der Waals surface area contributed by atoms with Crippen molar-refractivity contribution in [1.29, 1.82) is 0 Å². The first-order chi connectivity index (χ1) is 30.9. The maximum atomic E-state index is 2.64. The molecule has 0 aromatic heterocycles. The van der Waals surface area contributed by atoms with E-state index in [1.165, 1.54) is 122 Å². The SMILES string of the molecule is CC1(C)CCC(C)(C)c2c(-c3cccc(N(c4ccc(-c5ccc6c(c5)C5(c7ccccc7-6)C6CC7CC8CC5C86C7)cc4)c4ccc5c(c4)C(C)(C)c4ccccc4-5)c3)cccc21. The largest absolute Gasteiger partial charge is 0.310 e. The average Bonchev–Trinajstić information content (AvgIpc) is 4.00. The van der Waals surface area contributed by atoms with Crippen molar-refractivity contribution in [3.8, 4) is 44.5 Å². The molecule has 0 radical (unpaired) electrons. The maximum Gasteiger partial charge on any atom is 0.0467 e. The zero-order chi connectivity index (χ0) is 43.1. The number of benzene rings is 7. The molecule has 316 valence electrons. The lowest BCUT2D eigenvalue weighted by molar-refractivity contribution is -0.231. The Labute approximate surface area is 380 Å². The average molecular weight is 830 g/mol. The van der Waals surface area contributed by atoms with Crippen LogP contribution in [0.4, 0.5) is 17.1 Å². The van der Waals surface area contributed by atoms with Gasteiger partial charge in [-0.25, -0.2) is 0 Å². The Morgan fingerprint density at radius 3 is 1.84 bits per heavy atom. The first kappa shape index (κ1) is 37.7. The van der Waals surface area contributed by atoms with E-state index in [2.05, 4.69) is 198 Å². The van der Waals surface area contributed by atoms with Gasteiger partial charge >= 0.3 is 0 Å². The molecule has 0 aliphatic heterocycles. The lowest BCUT2D eigenvalue weighted by atomic mass is 9.27. The first-order valence-corrected chi connectivity index (χ1v) is 24.6. The third kappa shape index (κ3) is 4.57. The second-order valence-electron chi connectivity index (χ2n) is 23.2. The highest BCUT2D eigenvalue weighted by atomic mass is 15.1. The molecule has 7 aromatic rings. The Morgan fingerprint density at radius 2 is 1.03 bits per heavy atom. The van der Waals surface area contributed by atoms with Crippen LogP contribution in [0.1, 0.15) is 113 Å². The summed E-state index contributed by atoms with van der Waals surface area (Å²) in [5.74, 6) is 3.58. The summed E-state index contributed by atoms with van der Waals surface area (Å²) in [4.78, 5) is 2.52. The van der Waals surface area contributed by atoms with E-state index in [-0.39, 0.29) is 21.7 Å². The standard InChI is InChI=1S/C63H59N/c1-59(2)29-30-60(3,4)58-46(17-12-20-53(58)59)41-13-11-14-44(33-41)64(45-26-28-49-47-15-7-9-18-51(47)61(5,6)54(49)36-45)43-24-21-39(22-25-43)40-23-27-50-48-16-8-10-19-52(48)63(55(50)34-40)56-32-38-31-42-35-57(63)62(42,56)37-38/h7-28,33-34,36,38,42,56-57H,29-32,35,37H2,1-6H3. The minimum atomic E-state index is -0.0933. The third-order valence-electron chi connectivity index (χ3n) is 19.2. The maximum absolute atomic E-state index is 2.64. The number of hydrogen-bond donors (Lipinski definition) is 0. The Morgan fingerprint density at radius 1 is 0.422 bits per heavy atom. The van der Waals surface area contributed by atoms with E-state index in [0.717, 1.165) is 23.7 Å².